The van der Waals surface area contributed by atoms with Crippen molar-refractivity contribution in [2.75, 3.05) is 12.8 Å². The lowest BCUT2D eigenvalue weighted by Gasteiger charge is -2.13. The molecule has 0 aliphatic heterocycles. The molecule has 130 valence electrons. The highest BCUT2D eigenvalue weighted by Gasteiger charge is 2.25. The van der Waals surface area contributed by atoms with Gasteiger partial charge in [0.15, 0.2) is 15.9 Å². The van der Waals surface area contributed by atoms with Gasteiger partial charge in [0, 0.05) is 18.9 Å². The summed E-state index contributed by atoms with van der Waals surface area (Å²) in [5.74, 6) is -1.55. The number of carbonyl (C=O) groups excluding carboxylic acids is 2. The molecule has 1 aromatic carbocycles. The Hall–Kier alpha value is -2.75. The van der Waals surface area contributed by atoms with Crippen molar-refractivity contribution in [1.29, 1.82) is 0 Å². The van der Waals surface area contributed by atoms with E-state index in [4.69, 9.17) is 4.74 Å². The number of benzene rings is 1. The van der Waals surface area contributed by atoms with E-state index in [-0.39, 0.29) is 12.1 Å². The van der Waals surface area contributed by atoms with E-state index >= 15 is 0 Å². The zero-order chi connectivity index (χ0) is 18.5. The molecule has 0 saturated heterocycles. The Bertz CT molecular complexity index is 786. The molecule has 0 aliphatic carbocycles. The van der Waals surface area contributed by atoms with Crippen LogP contribution in [-0.2, 0) is 19.4 Å². The Morgan fingerprint density at radius 1 is 1.46 bits per heavy atom. The molecule has 1 amide bonds. The van der Waals surface area contributed by atoms with Crippen molar-refractivity contribution in [3.8, 4) is 0 Å². The van der Waals surface area contributed by atoms with Gasteiger partial charge in [0.2, 0.25) is 0 Å². The summed E-state index contributed by atoms with van der Waals surface area (Å²) in [7, 11) is -3.84. The second-order valence-electron chi connectivity index (χ2n) is 4.79. The number of sulfone groups is 1. The lowest BCUT2D eigenvalue weighted by Crippen LogP contribution is -2.35. The van der Waals surface area contributed by atoms with Crippen LogP contribution in [0.4, 0.5) is 5.69 Å². The minimum atomic E-state index is -3.84. The Labute approximate surface area is 138 Å². The van der Waals surface area contributed by atoms with Crippen LogP contribution in [0.2, 0.25) is 0 Å². The lowest BCUT2D eigenvalue weighted by molar-refractivity contribution is -0.387. The predicted octanol–water partition coefficient (Wildman–Crippen LogP) is 0.846. The largest absolute Gasteiger partial charge is 0.449 e. The van der Waals surface area contributed by atoms with Crippen LogP contribution < -0.4 is 5.32 Å². The molecule has 0 bridgehead atoms. The number of nitro benzene ring substituents is 1. The van der Waals surface area contributed by atoms with E-state index in [2.05, 4.69) is 11.9 Å². The smallest absolute Gasteiger partial charge is 0.339 e. The molecular formula is C14H16N2O7S. The Morgan fingerprint density at radius 3 is 2.58 bits per heavy atom. The molecule has 1 rings (SSSR count). The Balaban J connectivity index is 3.04. The van der Waals surface area contributed by atoms with E-state index in [0.29, 0.717) is 0 Å². The van der Waals surface area contributed by atoms with Crippen molar-refractivity contribution in [3.05, 3.63) is 46.5 Å². The Morgan fingerprint density at radius 2 is 2.08 bits per heavy atom. The van der Waals surface area contributed by atoms with Gasteiger partial charge in [-0.2, -0.15) is 0 Å². The van der Waals surface area contributed by atoms with E-state index in [9.17, 15) is 28.1 Å². The number of ether oxygens (including phenoxy) is 1. The van der Waals surface area contributed by atoms with Crippen molar-refractivity contribution < 1.29 is 27.7 Å². The van der Waals surface area contributed by atoms with Crippen molar-refractivity contribution in [2.24, 2.45) is 0 Å². The number of hydrogen-bond acceptors (Lipinski definition) is 7. The quantitative estimate of drug-likeness (QED) is 0.331. The van der Waals surface area contributed by atoms with Crippen LogP contribution in [0.15, 0.2) is 35.7 Å². The highest BCUT2D eigenvalue weighted by atomic mass is 32.2. The number of nitrogens with zero attached hydrogens (tertiary/aromatic N) is 1. The molecule has 0 spiro atoms. The maximum Gasteiger partial charge on any atom is 0.339 e. The van der Waals surface area contributed by atoms with Crippen LogP contribution in [-0.4, -0.2) is 44.1 Å². The maximum absolute atomic E-state index is 12.0. The molecule has 10 heteroatoms. The summed E-state index contributed by atoms with van der Waals surface area (Å²) >= 11 is 0. The first-order valence-corrected chi connectivity index (χ1v) is 8.55. The van der Waals surface area contributed by atoms with Gasteiger partial charge in [-0.05, 0) is 19.1 Å². The van der Waals surface area contributed by atoms with Gasteiger partial charge in [-0.15, -0.1) is 6.58 Å². The molecule has 24 heavy (non-hydrogen) atoms. The zero-order valence-corrected chi connectivity index (χ0v) is 13.8. The van der Waals surface area contributed by atoms with Crippen molar-refractivity contribution in [1.82, 2.24) is 5.32 Å². The summed E-state index contributed by atoms with van der Waals surface area (Å²) in [6.07, 6.45) is 1.13. The average Bonchev–Trinajstić information content (AvgIpc) is 2.50. The summed E-state index contributed by atoms with van der Waals surface area (Å²) in [4.78, 5) is 33.2. The highest BCUT2D eigenvalue weighted by molar-refractivity contribution is 7.90. The van der Waals surface area contributed by atoms with E-state index in [1.807, 2.05) is 0 Å². The fourth-order valence-corrected chi connectivity index (χ4v) is 2.53. The van der Waals surface area contributed by atoms with Crippen LogP contribution >= 0.6 is 0 Å². The van der Waals surface area contributed by atoms with Crippen molar-refractivity contribution in [2.45, 2.75) is 17.9 Å². The molecule has 1 N–H and O–H groups in total. The van der Waals surface area contributed by atoms with Gasteiger partial charge in [0.25, 0.3) is 11.6 Å². The predicted molar refractivity (Wildman–Crippen MR) is 84.3 cm³/mol. The minimum Gasteiger partial charge on any atom is -0.449 e. The second kappa shape index (κ2) is 7.68. The molecule has 0 aromatic heterocycles. The van der Waals surface area contributed by atoms with Crippen LogP contribution in [0, 0.1) is 10.1 Å². The summed E-state index contributed by atoms with van der Waals surface area (Å²) in [5, 5.41) is 13.4. The second-order valence-corrected chi connectivity index (χ2v) is 6.78. The molecular weight excluding hydrogens is 340 g/mol. The monoisotopic (exact) mass is 356 g/mol. The van der Waals surface area contributed by atoms with Crippen LogP contribution in [0.1, 0.15) is 17.3 Å². The van der Waals surface area contributed by atoms with Gasteiger partial charge >= 0.3 is 5.97 Å². The third kappa shape index (κ3) is 4.88. The van der Waals surface area contributed by atoms with E-state index < -0.39 is 43.3 Å². The molecule has 9 nitrogen and oxygen atoms in total. The average molecular weight is 356 g/mol. The first-order chi connectivity index (χ1) is 11.1. The molecule has 1 aromatic rings. The number of rotatable bonds is 7. The fourth-order valence-electron chi connectivity index (χ4n) is 1.70. The molecule has 0 fully saturated rings. The number of carbonyl (C=O) groups is 2. The molecule has 0 saturated carbocycles. The normalized spacial score (nSPS) is 12.1. The standard InChI is InChI=1S/C14H16N2O7S/c1-4-7-15-13(17)9(2)23-14(18)10-5-6-12(24(3,21)22)11(8-10)16(19)20/h4-6,8-9H,1,7H2,2-3H3,(H,15,17). The summed E-state index contributed by atoms with van der Waals surface area (Å²) in [5.41, 5.74) is -0.979. The van der Waals surface area contributed by atoms with Crippen LogP contribution in [0.25, 0.3) is 0 Å². The van der Waals surface area contributed by atoms with E-state index in [1.54, 1.807) is 0 Å². The van der Waals surface area contributed by atoms with Gasteiger partial charge in [-0.25, -0.2) is 13.2 Å². The Kier molecular flexibility index (Phi) is 6.18. The van der Waals surface area contributed by atoms with Gasteiger partial charge in [0.05, 0.1) is 10.5 Å². The summed E-state index contributed by atoms with van der Waals surface area (Å²) in [6.45, 7) is 4.94. The van der Waals surface area contributed by atoms with Crippen molar-refractivity contribution >= 4 is 27.4 Å². The fraction of sp³-hybridized carbons (Fsp3) is 0.286. The number of esters is 1. The molecule has 0 radical (unpaired) electrons. The van der Waals surface area contributed by atoms with Gasteiger partial charge < -0.3 is 10.1 Å². The van der Waals surface area contributed by atoms with Gasteiger partial charge in [-0.1, -0.05) is 6.08 Å². The SMILES string of the molecule is C=CCNC(=O)C(C)OC(=O)c1ccc(S(C)(=O)=O)c([N+](=O)[O-])c1. The molecule has 1 atom stereocenters. The third-order valence-corrected chi connectivity index (χ3v) is 4.01. The number of nitro groups is 1. The topological polar surface area (TPSA) is 133 Å². The van der Waals surface area contributed by atoms with Crippen LogP contribution in [0.3, 0.4) is 0 Å². The third-order valence-electron chi connectivity index (χ3n) is 2.86. The maximum atomic E-state index is 12.0. The van der Waals surface area contributed by atoms with Crippen molar-refractivity contribution in [3.63, 3.8) is 0 Å². The van der Waals surface area contributed by atoms with E-state index in [1.165, 1.54) is 13.0 Å². The van der Waals surface area contributed by atoms with E-state index in [0.717, 1.165) is 24.5 Å². The number of hydrogen-bond donors (Lipinski definition) is 1. The molecule has 1 unspecified atom stereocenters. The zero-order valence-electron chi connectivity index (χ0n) is 13.0. The van der Waals surface area contributed by atoms with Gasteiger partial charge in [-0.3, -0.25) is 14.9 Å². The number of amides is 1. The molecule has 0 heterocycles. The summed E-state index contributed by atoms with van der Waals surface area (Å²) in [6, 6.07) is 2.83. The molecule has 0 aliphatic rings. The van der Waals surface area contributed by atoms with Crippen LogP contribution in [0.5, 0.6) is 0 Å². The number of nitrogens with one attached hydrogen (secondary N) is 1. The summed E-state index contributed by atoms with van der Waals surface area (Å²) < 4.78 is 27.9. The lowest BCUT2D eigenvalue weighted by atomic mass is 10.2. The first-order valence-electron chi connectivity index (χ1n) is 6.66. The van der Waals surface area contributed by atoms with Gasteiger partial charge in [0.1, 0.15) is 4.90 Å². The first kappa shape index (κ1) is 19.3. The highest BCUT2D eigenvalue weighted by Crippen LogP contribution is 2.25. The minimum absolute atomic E-state index is 0.190.